The minimum atomic E-state index is -0.291. The van der Waals surface area contributed by atoms with Crippen LogP contribution in [0.1, 0.15) is 28.4 Å². The first kappa shape index (κ1) is 15.7. The van der Waals surface area contributed by atoms with E-state index < -0.39 is 0 Å². The molecule has 2 aromatic rings. The van der Waals surface area contributed by atoms with Gasteiger partial charge in [0.15, 0.2) is 5.78 Å². The molecule has 0 saturated carbocycles. The van der Waals surface area contributed by atoms with Crippen molar-refractivity contribution in [3.8, 4) is 0 Å². The van der Waals surface area contributed by atoms with E-state index in [2.05, 4.69) is 5.32 Å². The number of ketones is 1. The average Bonchev–Trinajstić information content (AvgIpc) is 2.69. The Balaban J connectivity index is 2.30. The van der Waals surface area contributed by atoms with Crippen LogP contribution in [0.3, 0.4) is 0 Å². The number of hydrogen-bond donors (Lipinski definition) is 1. The van der Waals surface area contributed by atoms with Crippen LogP contribution in [0.25, 0.3) is 6.08 Å². The molecular weight excluding hydrogens is 274 g/mol. The van der Waals surface area contributed by atoms with Crippen molar-refractivity contribution in [2.24, 2.45) is 0 Å². The molecule has 0 aliphatic rings. The Bertz CT molecular complexity index is 746. The minimum absolute atomic E-state index is 0.171. The molecule has 112 valence electrons. The Hall–Kier alpha value is -2.68. The summed E-state index contributed by atoms with van der Waals surface area (Å²) in [6.45, 7) is 4.55. The lowest BCUT2D eigenvalue weighted by atomic mass is 10.1. The Morgan fingerprint density at radius 3 is 2.45 bits per heavy atom. The van der Waals surface area contributed by atoms with Gasteiger partial charge in [0.05, 0.1) is 11.3 Å². The summed E-state index contributed by atoms with van der Waals surface area (Å²) in [6.07, 6.45) is 3.16. The summed E-state index contributed by atoms with van der Waals surface area (Å²) in [6, 6.07) is 14.5. The van der Waals surface area contributed by atoms with Crippen LogP contribution < -0.4 is 10.7 Å². The van der Waals surface area contributed by atoms with Gasteiger partial charge >= 0.3 is 0 Å². The lowest BCUT2D eigenvalue weighted by Gasteiger charge is -1.99. The Morgan fingerprint density at radius 1 is 1.09 bits per heavy atom. The third-order valence-corrected chi connectivity index (χ3v) is 3.26. The second-order valence-corrected chi connectivity index (χ2v) is 5.01. The molecule has 0 unspecified atom stereocenters. The van der Waals surface area contributed by atoms with E-state index in [0.29, 0.717) is 12.2 Å². The quantitative estimate of drug-likeness (QED) is 0.675. The molecule has 2 aromatic carbocycles. The number of carbonyl (C=O) groups is 1. The fraction of sp³-hybridized carbons (Fsp3) is 0.158. The maximum atomic E-state index is 12.3. The second-order valence-electron chi connectivity index (χ2n) is 5.01. The van der Waals surface area contributed by atoms with Gasteiger partial charge in [-0.05, 0) is 37.6 Å². The molecule has 0 fully saturated rings. The van der Waals surface area contributed by atoms with E-state index in [4.69, 9.17) is 0 Å². The summed E-state index contributed by atoms with van der Waals surface area (Å²) in [7, 11) is 0. The molecule has 0 aromatic heterocycles. The van der Waals surface area contributed by atoms with Crippen molar-refractivity contribution < 1.29 is 4.79 Å². The van der Waals surface area contributed by atoms with Crippen LogP contribution in [-0.2, 0) is 0 Å². The number of hydrogen-bond acceptors (Lipinski definition) is 3. The largest absolute Gasteiger partial charge is 0.382 e. The molecule has 0 spiro atoms. The Kier molecular flexibility index (Phi) is 5.26. The van der Waals surface area contributed by atoms with Gasteiger partial charge < -0.3 is 5.32 Å². The van der Waals surface area contributed by atoms with Crippen LogP contribution in [0.5, 0.6) is 0 Å². The van der Waals surface area contributed by atoms with Crippen molar-refractivity contribution in [1.29, 1.82) is 0 Å². The molecule has 0 amide bonds. The number of anilines is 1. The van der Waals surface area contributed by atoms with Gasteiger partial charge in [0.1, 0.15) is 0 Å². The van der Waals surface area contributed by atoms with Crippen LogP contribution in [-0.4, -0.2) is 12.3 Å². The smallest absolute Gasteiger partial charge is 0.212 e. The zero-order valence-electron chi connectivity index (χ0n) is 12.8. The number of allylic oxidation sites excluding steroid dienone is 1. The average molecular weight is 293 g/mol. The first-order valence-electron chi connectivity index (χ1n) is 7.28. The van der Waals surface area contributed by atoms with Gasteiger partial charge in [-0.2, -0.15) is 0 Å². The van der Waals surface area contributed by atoms with Crippen LogP contribution in [0.2, 0.25) is 0 Å². The third-order valence-electron chi connectivity index (χ3n) is 3.26. The van der Waals surface area contributed by atoms with Crippen molar-refractivity contribution in [3.63, 3.8) is 0 Å². The Morgan fingerprint density at radius 2 is 1.77 bits per heavy atom. The molecule has 0 atom stereocenters. The molecule has 0 saturated heterocycles. The lowest BCUT2D eigenvalue weighted by molar-refractivity contribution is 0.104. The standard InChI is InChI=1S/C19H19NO2/c1-3-20-17-7-5-4-6-16(19(17)22)18(21)13-12-15-10-8-14(2)9-11-15/h4-13H,3H2,1-2H3,(H,20,22). The van der Waals surface area contributed by atoms with E-state index in [0.717, 1.165) is 11.1 Å². The van der Waals surface area contributed by atoms with Gasteiger partial charge in [-0.1, -0.05) is 48.0 Å². The molecule has 1 N–H and O–H groups in total. The fourth-order valence-electron chi connectivity index (χ4n) is 2.06. The van der Waals surface area contributed by atoms with E-state index >= 15 is 0 Å². The number of rotatable bonds is 5. The van der Waals surface area contributed by atoms with E-state index in [1.165, 1.54) is 6.08 Å². The monoisotopic (exact) mass is 293 g/mol. The van der Waals surface area contributed by atoms with Gasteiger partial charge in [0, 0.05) is 6.54 Å². The highest BCUT2D eigenvalue weighted by atomic mass is 16.1. The molecule has 0 aliphatic carbocycles. The number of aryl methyl sites for hydroxylation is 1. The summed E-state index contributed by atoms with van der Waals surface area (Å²) < 4.78 is 0. The topological polar surface area (TPSA) is 46.2 Å². The minimum Gasteiger partial charge on any atom is -0.382 e. The van der Waals surface area contributed by atoms with Crippen LogP contribution >= 0.6 is 0 Å². The summed E-state index contributed by atoms with van der Waals surface area (Å²) in [5, 5.41) is 2.98. The van der Waals surface area contributed by atoms with Crippen molar-refractivity contribution in [3.05, 3.63) is 81.5 Å². The molecule has 0 aliphatic heterocycles. The predicted octanol–water partition coefficient (Wildman–Crippen LogP) is 3.68. The van der Waals surface area contributed by atoms with E-state index in [-0.39, 0.29) is 16.8 Å². The molecular formula is C19H19NO2. The maximum Gasteiger partial charge on any atom is 0.212 e. The van der Waals surface area contributed by atoms with Gasteiger partial charge in [-0.15, -0.1) is 0 Å². The van der Waals surface area contributed by atoms with Crippen LogP contribution in [0, 0.1) is 6.92 Å². The summed E-state index contributed by atoms with van der Waals surface area (Å²) in [5.41, 5.74) is 2.43. The summed E-state index contributed by atoms with van der Waals surface area (Å²) in [5.74, 6) is -0.291. The predicted molar refractivity (Wildman–Crippen MR) is 91.4 cm³/mol. The lowest BCUT2D eigenvalue weighted by Crippen LogP contribution is -2.15. The zero-order chi connectivity index (χ0) is 15.9. The molecule has 0 radical (unpaired) electrons. The van der Waals surface area contributed by atoms with E-state index in [1.54, 1.807) is 30.3 Å². The third kappa shape index (κ3) is 3.92. The summed E-state index contributed by atoms with van der Waals surface area (Å²) >= 11 is 0. The first-order chi connectivity index (χ1) is 10.6. The van der Waals surface area contributed by atoms with Crippen LogP contribution in [0.4, 0.5) is 5.69 Å². The van der Waals surface area contributed by atoms with Crippen molar-refractivity contribution >= 4 is 17.5 Å². The van der Waals surface area contributed by atoms with Gasteiger partial charge in [0.25, 0.3) is 0 Å². The SMILES string of the molecule is CCNc1ccccc(C(=O)C=Cc2ccc(C)cc2)c1=O. The molecule has 0 bridgehead atoms. The normalized spacial score (nSPS) is 10.6. The maximum absolute atomic E-state index is 12.3. The number of benzene rings is 1. The van der Waals surface area contributed by atoms with Crippen molar-refractivity contribution in [1.82, 2.24) is 0 Å². The molecule has 0 heterocycles. The molecule has 2 rings (SSSR count). The highest BCUT2D eigenvalue weighted by molar-refractivity contribution is 6.07. The molecule has 3 heteroatoms. The van der Waals surface area contributed by atoms with E-state index in [9.17, 15) is 9.59 Å². The highest BCUT2D eigenvalue weighted by Crippen LogP contribution is 2.07. The van der Waals surface area contributed by atoms with E-state index in [1.807, 2.05) is 38.1 Å². The van der Waals surface area contributed by atoms with Crippen LogP contribution in [0.15, 0.2) is 59.4 Å². The number of nitrogens with one attached hydrogen (secondary N) is 1. The molecule has 22 heavy (non-hydrogen) atoms. The van der Waals surface area contributed by atoms with Crippen molar-refractivity contribution in [2.75, 3.05) is 11.9 Å². The highest BCUT2D eigenvalue weighted by Gasteiger charge is 2.08. The van der Waals surface area contributed by atoms with Gasteiger partial charge in [-0.25, -0.2) is 0 Å². The first-order valence-corrected chi connectivity index (χ1v) is 7.28. The fourth-order valence-corrected chi connectivity index (χ4v) is 2.06. The molecule has 3 nitrogen and oxygen atoms in total. The summed E-state index contributed by atoms with van der Waals surface area (Å²) in [4.78, 5) is 24.6. The Labute approximate surface area is 130 Å². The number of carbonyl (C=O) groups excluding carboxylic acids is 1. The zero-order valence-corrected chi connectivity index (χ0v) is 12.8. The second kappa shape index (κ2) is 7.36. The van der Waals surface area contributed by atoms with Gasteiger partial charge in [0.2, 0.25) is 5.43 Å². The van der Waals surface area contributed by atoms with Crippen molar-refractivity contribution in [2.45, 2.75) is 13.8 Å². The van der Waals surface area contributed by atoms with Gasteiger partial charge in [-0.3, -0.25) is 9.59 Å².